The van der Waals surface area contributed by atoms with Crippen LogP contribution in [0.25, 0.3) is 0 Å². The topological polar surface area (TPSA) is 113 Å². The third-order valence-corrected chi connectivity index (χ3v) is 6.66. The molecule has 1 fully saturated rings. The number of ether oxygens (including phenoxy) is 1. The van der Waals surface area contributed by atoms with Crippen molar-refractivity contribution in [3.8, 4) is 5.75 Å². The van der Waals surface area contributed by atoms with Crippen LogP contribution in [0.1, 0.15) is 11.1 Å². The molecule has 3 amide bonds. The molecule has 2 aromatic rings. The third-order valence-electron chi connectivity index (χ3n) is 5.92. The van der Waals surface area contributed by atoms with E-state index >= 15 is 0 Å². The van der Waals surface area contributed by atoms with Crippen molar-refractivity contribution in [1.29, 1.82) is 0 Å². The molecule has 0 radical (unpaired) electrons. The van der Waals surface area contributed by atoms with Gasteiger partial charge in [-0.2, -0.15) is 0 Å². The Balaban J connectivity index is 1.55. The zero-order chi connectivity index (χ0) is 24.9. The fraction of sp³-hybridized carbons (Fsp3) is 0.333. The standard InChI is InChI=1S/C24H26Cl2N6O3/c1-35-17-5-2-15(3-6-17)12-18-21(28-8-10-31-11-9-29-23(31)27)30-24(34)32(22(18)33)14-16-4-7-19(25)20(26)13-16/h2-7,13,18H,8-12,14H2,1H3,(H2,27,29)(H,28,30,34). The van der Waals surface area contributed by atoms with E-state index in [1.807, 2.05) is 29.2 Å². The predicted molar refractivity (Wildman–Crippen MR) is 136 cm³/mol. The number of aliphatic imine (C=N–C) groups is 2. The molecule has 1 unspecified atom stereocenters. The lowest BCUT2D eigenvalue weighted by molar-refractivity contribution is -0.131. The van der Waals surface area contributed by atoms with Crippen LogP contribution in [-0.2, 0) is 17.8 Å². The number of halogens is 2. The highest BCUT2D eigenvalue weighted by molar-refractivity contribution is 6.42. The first-order chi connectivity index (χ1) is 16.9. The molecule has 35 heavy (non-hydrogen) atoms. The lowest BCUT2D eigenvalue weighted by atomic mass is 9.94. The number of carbonyl (C=O) groups excluding carboxylic acids is 2. The van der Waals surface area contributed by atoms with Crippen LogP contribution in [-0.4, -0.2) is 66.8 Å². The molecule has 9 nitrogen and oxygen atoms in total. The summed E-state index contributed by atoms with van der Waals surface area (Å²) in [6.45, 7) is 2.36. The maximum absolute atomic E-state index is 13.6. The number of nitrogens with two attached hydrogens (primary N) is 1. The normalized spacial score (nSPS) is 19.2. The third kappa shape index (κ3) is 5.86. The minimum Gasteiger partial charge on any atom is -0.497 e. The van der Waals surface area contributed by atoms with Gasteiger partial charge in [0.15, 0.2) is 5.96 Å². The largest absolute Gasteiger partial charge is 0.497 e. The van der Waals surface area contributed by atoms with Gasteiger partial charge in [0.05, 0.1) is 36.8 Å². The molecule has 4 rings (SSSR count). The van der Waals surface area contributed by atoms with Gasteiger partial charge in [-0.3, -0.25) is 25.0 Å². The summed E-state index contributed by atoms with van der Waals surface area (Å²) < 4.78 is 5.23. The monoisotopic (exact) mass is 516 g/mol. The Morgan fingerprint density at radius 2 is 1.89 bits per heavy atom. The van der Waals surface area contributed by atoms with Crippen molar-refractivity contribution in [2.45, 2.75) is 13.0 Å². The van der Waals surface area contributed by atoms with Crippen molar-refractivity contribution < 1.29 is 14.3 Å². The van der Waals surface area contributed by atoms with E-state index in [4.69, 9.17) is 33.7 Å². The van der Waals surface area contributed by atoms with Crippen LogP contribution in [0, 0.1) is 5.92 Å². The minimum absolute atomic E-state index is 0.0642. The lowest BCUT2D eigenvalue weighted by Gasteiger charge is -2.33. The second-order valence-electron chi connectivity index (χ2n) is 8.20. The molecule has 2 heterocycles. The van der Waals surface area contributed by atoms with Gasteiger partial charge in [0.1, 0.15) is 17.5 Å². The highest BCUT2D eigenvalue weighted by atomic mass is 35.5. The van der Waals surface area contributed by atoms with Crippen LogP contribution in [0.3, 0.4) is 0 Å². The van der Waals surface area contributed by atoms with Crippen LogP contribution in [0.4, 0.5) is 4.79 Å². The Morgan fingerprint density at radius 1 is 1.14 bits per heavy atom. The quantitative estimate of drug-likeness (QED) is 0.559. The number of urea groups is 1. The minimum atomic E-state index is -0.659. The summed E-state index contributed by atoms with van der Waals surface area (Å²) in [5, 5.41) is 3.59. The fourth-order valence-corrected chi connectivity index (χ4v) is 4.31. The molecule has 1 saturated heterocycles. The van der Waals surface area contributed by atoms with E-state index in [-0.39, 0.29) is 12.5 Å². The number of guanidine groups is 1. The van der Waals surface area contributed by atoms with Gasteiger partial charge in [0.25, 0.3) is 0 Å². The van der Waals surface area contributed by atoms with Gasteiger partial charge in [0, 0.05) is 13.1 Å². The summed E-state index contributed by atoms with van der Waals surface area (Å²) in [4.78, 5) is 38.3. The molecular formula is C24H26Cl2N6O3. The van der Waals surface area contributed by atoms with Crippen LogP contribution in [0.2, 0.25) is 10.0 Å². The number of rotatable bonds is 8. The zero-order valence-electron chi connectivity index (χ0n) is 19.2. The molecule has 0 saturated carbocycles. The predicted octanol–water partition coefficient (Wildman–Crippen LogP) is 2.94. The van der Waals surface area contributed by atoms with Crippen molar-refractivity contribution >= 4 is 46.9 Å². The summed E-state index contributed by atoms with van der Waals surface area (Å²) in [5.41, 5.74) is 7.48. The van der Waals surface area contributed by atoms with E-state index in [2.05, 4.69) is 15.3 Å². The van der Waals surface area contributed by atoms with Gasteiger partial charge >= 0.3 is 6.03 Å². The average Bonchev–Trinajstić information content (AvgIpc) is 3.26. The summed E-state index contributed by atoms with van der Waals surface area (Å²) in [7, 11) is 1.60. The summed E-state index contributed by atoms with van der Waals surface area (Å²) in [6, 6.07) is 11.9. The number of nitrogens with zero attached hydrogens (tertiary/aromatic N) is 4. The van der Waals surface area contributed by atoms with E-state index in [0.717, 1.165) is 17.9 Å². The number of hydrogen-bond donors (Lipinski definition) is 2. The number of nitrogens with one attached hydrogen (secondary N) is 1. The Hall–Kier alpha value is -3.30. The highest BCUT2D eigenvalue weighted by Gasteiger charge is 2.39. The van der Waals surface area contributed by atoms with Crippen molar-refractivity contribution in [1.82, 2.24) is 15.1 Å². The molecular weight excluding hydrogens is 491 g/mol. The van der Waals surface area contributed by atoms with E-state index in [1.54, 1.807) is 25.3 Å². The van der Waals surface area contributed by atoms with Crippen LogP contribution in [0.5, 0.6) is 5.75 Å². The number of methoxy groups -OCH3 is 1. The van der Waals surface area contributed by atoms with Gasteiger partial charge < -0.3 is 15.4 Å². The van der Waals surface area contributed by atoms with Crippen LogP contribution >= 0.6 is 23.2 Å². The van der Waals surface area contributed by atoms with Crippen LogP contribution < -0.4 is 15.8 Å². The Bertz CT molecular complexity index is 1170. The number of carbonyl (C=O) groups is 2. The number of hydrogen-bond acceptors (Lipinski definition) is 7. The highest BCUT2D eigenvalue weighted by Crippen LogP contribution is 2.25. The van der Waals surface area contributed by atoms with Crippen molar-refractivity contribution in [2.24, 2.45) is 21.6 Å². The molecule has 0 bridgehead atoms. The lowest BCUT2D eigenvalue weighted by Crippen LogP contribution is -2.58. The van der Waals surface area contributed by atoms with Crippen molar-refractivity contribution in [2.75, 3.05) is 33.3 Å². The number of benzene rings is 2. The van der Waals surface area contributed by atoms with Gasteiger partial charge in [-0.25, -0.2) is 4.79 Å². The summed E-state index contributed by atoms with van der Waals surface area (Å²) in [5.74, 6) is 0.551. The first-order valence-electron chi connectivity index (χ1n) is 11.1. The molecule has 1 atom stereocenters. The second-order valence-corrected chi connectivity index (χ2v) is 9.02. The van der Waals surface area contributed by atoms with Gasteiger partial charge in [0.2, 0.25) is 5.91 Å². The zero-order valence-corrected chi connectivity index (χ0v) is 20.7. The van der Waals surface area contributed by atoms with E-state index in [1.165, 1.54) is 4.90 Å². The molecule has 11 heteroatoms. The number of imide groups is 1. The molecule has 0 aliphatic carbocycles. The molecule has 2 aromatic carbocycles. The van der Waals surface area contributed by atoms with Gasteiger partial charge in [-0.15, -0.1) is 0 Å². The SMILES string of the molecule is COc1ccc(CC2C(=O)N(Cc3ccc(Cl)c(Cl)c3)C(=O)NC2=NCCN2CCN=C2N)cc1. The average molecular weight is 517 g/mol. The van der Waals surface area contributed by atoms with E-state index < -0.39 is 11.9 Å². The molecule has 2 aliphatic rings. The van der Waals surface area contributed by atoms with E-state index in [9.17, 15) is 9.59 Å². The molecule has 2 aliphatic heterocycles. The smallest absolute Gasteiger partial charge is 0.329 e. The van der Waals surface area contributed by atoms with Gasteiger partial charge in [-0.05, 0) is 41.8 Å². The van der Waals surface area contributed by atoms with Crippen molar-refractivity contribution in [3.05, 3.63) is 63.6 Å². The first-order valence-corrected chi connectivity index (χ1v) is 11.9. The number of amidine groups is 1. The fourth-order valence-electron chi connectivity index (χ4n) is 3.99. The van der Waals surface area contributed by atoms with Gasteiger partial charge in [-0.1, -0.05) is 41.4 Å². The van der Waals surface area contributed by atoms with Crippen LogP contribution in [0.15, 0.2) is 52.4 Å². The Labute approximate surface area is 213 Å². The Kier molecular flexibility index (Phi) is 7.77. The number of amides is 3. The maximum Gasteiger partial charge on any atom is 0.329 e. The summed E-state index contributed by atoms with van der Waals surface area (Å²) >= 11 is 12.1. The summed E-state index contributed by atoms with van der Waals surface area (Å²) in [6.07, 6.45) is 0.368. The second kappa shape index (κ2) is 11.0. The first kappa shape index (κ1) is 24.8. The molecule has 3 N–H and O–H groups in total. The Morgan fingerprint density at radius 3 is 2.54 bits per heavy atom. The molecule has 0 spiro atoms. The van der Waals surface area contributed by atoms with E-state index in [0.29, 0.717) is 53.5 Å². The maximum atomic E-state index is 13.6. The van der Waals surface area contributed by atoms with Crippen molar-refractivity contribution in [3.63, 3.8) is 0 Å². The molecule has 0 aromatic heterocycles. The molecule has 184 valence electrons.